The number of methoxy groups -OCH3 is 2. The van der Waals surface area contributed by atoms with Crippen LogP contribution in [0.5, 0.6) is 11.5 Å². The average Bonchev–Trinajstić information content (AvgIpc) is 2.75. The molecule has 0 saturated heterocycles. The van der Waals surface area contributed by atoms with Gasteiger partial charge in [-0.25, -0.2) is 8.42 Å². The van der Waals surface area contributed by atoms with E-state index in [1.165, 1.54) is 4.31 Å². The average molecular weight is 397 g/mol. The van der Waals surface area contributed by atoms with Crippen molar-refractivity contribution in [3.63, 3.8) is 0 Å². The molecule has 146 valence electrons. The summed E-state index contributed by atoms with van der Waals surface area (Å²) in [5, 5.41) is 0. The van der Waals surface area contributed by atoms with E-state index in [2.05, 4.69) is 0 Å². The van der Waals surface area contributed by atoms with E-state index in [4.69, 9.17) is 9.47 Å². The van der Waals surface area contributed by atoms with Crippen LogP contribution in [0, 0.1) is 0 Å². The Morgan fingerprint density at radius 2 is 1.43 bits per heavy atom. The first-order valence-corrected chi connectivity index (χ1v) is 10.3. The van der Waals surface area contributed by atoms with Gasteiger partial charge in [-0.2, -0.15) is 0 Å². The predicted molar refractivity (Wildman–Crippen MR) is 111 cm³/mol. The molecular formula is C22H23NO4S. The van der Waals surface area contributed by atoms with Gasteiger partial charge in [0.05, 0.1) is 30.8 Å². The van der Waals surface area contributed by atoms with Gasteiger partial charge < -0.3 is 9.47 Å². The molecule has 6 heteroatoms. The van der Waals surface area contributed by atoms with Gasteiger partial charge in [0.15, 0.2) is 0 Å². The Hall–Kier alpha value is -2.99. The van der Waals surface area contributed by atoms with Crippen molar-refractivity contribution >= 4 is 15.7 Å². The number of sulfonamides is 1. The van der Waals surface area contributed by atoms with Crippen molar-refractivity contribution in [1.29, 1.82) is 0 Å². The van der Waals surface area contributed by atoms with Crippen molar-refractivity contribution in [3.05, 3.63) is 84.4 Å². The first-order chi connectivity index (χ1) is 13.5. The molecule has 1 atom stereocenters. The molecule has 0 spiro atoms. The van der Waals surface area contributed by atoms with Crippen molar-refractivity contribution < 1.29 is 17.9 Å². The molecule has 0 amide bonds. The SMILES string of the molecule is COc1ccc(N(C(C)c2cccc(OC)c2)S(=O)(=O)c2ccccc2)cc1. The van der Waals surface area contributed by atoms with Crippen LogP contribution in [0.15, 0.2) is 83.8 Å². The van der Waals surface area contributed by atoms with Crippen LogP contribution in [-0.2, 0) is 10.0 Å². The lowest BCUT2D eigenvalue weighted by molar-refractivity contribution is 0.414. The smallest absolute Gasteiger partial charge is 0.264 e. The van der Waals surface area contributed by atoms with Gasteiger partial charge in [-0.05, 0) is 61.0 Å². The lowest BCUT2D eigenvalue weighted by Gasteiger charge is -2.31. The number of hydrogen-bond acceptors (Lipinski definition) is 4. The number of nitrogens with zero attached hydrogens (tertiary/aromatic N) is 1. The number of hydrogen-bond donors (Lipinski definition) is 0. The summed E-state index contributed by atoms with van der Waals surface area (Å²) in [6.07, 6.45) is 0. The van der Waals surface area contributed by atoms with Crippen LogP contribution in [0.2, 0.25) is 0 Å². The van der Waals surface area contributed by atoms with E-state index in [1.807, 2.05) is 31.2 Å². The van der Waals surface area contributed by atoms with E-state index >= 15 is 0 Å². The molecule has 0 aliphatic rings. The Balaban J connectivity index is 2.13. The molecule has 0 aliphatic heterocycles. The van der Waals surface area contributed by atoms with Gasteiger partial charge in [-0.15, -0.1) is 0 Å². The molecule has 0 aliphatic carbocycles. The highest BCUT2D eigenvalue weighted by atomic mass is 32.2. The van der Waals surface area contributed by atoms with Gasteiger partial charge in [0, 0.05) is 0 Å². The zero-order chi connectivity index (χ0) is 20.1. The van der Waals surface area contributed by atoms with Crippen molar-refractivity contribution in [2.45, 2.75) is 17.9 Å². The van der Waals surface area contributed by atoms with Gasteiger partial charge in [-0.1, -0.05) is 30.3 Å². The Kier molecular flexibility index (Phi) is 5.90. The van der Waals surface area contributed by atoms with E-state index in [1.54, 1.807) is 68.8 Å². The summed E-state index contributed by atoms with van der Waals surface area (Å²) in [5.41, 5.74) is 1.38. The van der Waals surface area contributed by atoms with E-state index in [-0.39, 0.29) is 4.90 Å². The fraction of sp³-hybridized carbons (Fsp3) is 0.182. The molecule has 0 saturated carbocycles. The predicted octanol–water partition coefficient (Wildman–Crippen LogP) is 4.66. The Morgan fingerprint density at radius 3 is 2.04 bits per heavy atom. The molecule has 3 aromatic carbocycles. The van der Waals surface area contributed by atoms with Crippen molar-refractivity contribution in [1.82, 2.24) is 0 Å². The largest absolute Gasteiger partial charge is 0.497 e. The Labute approximate surface area is 166 Å². The first kappa shape index (κ1) is 19.8. The van der Waals surface area contributed by atoms with E-state index in [0.717, 1.165) is 5.56 Å². The molecule has 0 bridgehead atoms. The van der Waals surface area contributed by atoms with Crippen molar-refractivity contribution in [3.8, 4) is 11.5 Å². The molecule has 1 unspecified atom stereocenters. The lowest BCUT2D eigenvalue weighted by Crippen LogP contribution is -2.33. The number of anilines is 1. The number of rotatable bonds is 7. The normalized spacial score (nSPS) is 12.2. The van der Waals surface area contributed by atoms with E-state index in [9.17, 15) is 8.42 Å². The summed E-state index contributed by atoms with van der Waals surface area (Å²) in [7, 11) is -0.624. The first-order valence-electron chi connectivity index (χ1n) is 8.85. The van der Waals surface area contributed by atoms with Gasteiger partial charge >= 0.3 is 0 Å². The van der Waals surface area contributed by atoms with Gasteiger partial charge in [-0.3, -0.25) is 4.31 Å². The molecule has 3 aromatic rings. The van der Waals surface area contributed by atoms with Gasteiger partial charge in [0.1, 0.15) is 11.5 Å². The molecule has 0 fully saturated rings. The highest BCUT2D eigenvalue weighted by Gasteiger charge is 2.30. The van der Waals surface area contributed by atoms with Crippen LogP contribution in [0.4, 0.5) is 5.69 Å². The third-order valence-corrected chi connectivity index (χ3v) is 6.47. The van der Waals surface area contributed by atoms with Crippen molar-refractivity contribution in [2.75, 3.05) is 18.5 Å². The van der Waals surface area contributed by atoms with Crippen LogP contribution in [0.3, 0.4) is 0 Å². The zero-order valence-corrected chi connectivity index (χ0v) is 16.9. The second-order valence-corrected chi connectivity index (χ2v) is 8.08. The summed E-state index contributed by atoms with van der Waals surface area (Å²) in [6, 6.07) is 22.4. The van der Waals surface area contributed by atoms with E-state index in [0.29, 0.717) is 17.2 Å². The summed E-state index contributed by atoms with van der Waals surface area (Å²) in [4.78, 5) is 0.237. The number of benzene rings is 3. The second-order valence-electron chi connectivity index (χ2n) is 6.26. The minimum atomic E-state index is -3.79. The molecule has 5 nitrogen and oxygen atoms in total. The van der Waals surface area contributed by atoms with Gasteiger partial charge in [0.25, 0.3) is 10.0 Å². The Morgan fingerprint density at radius 1 is 0.786 bits per heavy atom. The highest BCUT2D eigenvalue weighted by molar-refractivity contribution is 7.92. The number of ether oxygens (including phenoxy) is 2. The molecule has 0 radical (unpaired) electrons. The third kappa shape index (κ3) is 3.97. The summed E-state index contributed by atoms with van der Waals surface area (Å²) in [5.74, 6) is 1.34. The second kappa shape index (κ2) is 8.35. The molecule has 0 heterocycles. The molecular weight excluding hydrogens is 374 g/mol. The summed E-state index contributed by atoms with van der Waals surface area (Å²) >= 11 is 0. The quantitative estimate of drug-likeness (QED) is 0.582. The summed E-state index contributed by atoms with van der Waals surface area (Å²) < 4.78 is 39.0. The minimum Gasteiger partial charge on any atom is -0.497 e. The standard InChI is InChI=1S/C22H23NO4S/c1-17(18-8-7-9-21(16-18)27-3)23(19-12-14-20(26-2)15-13-19)28(24,25)22-10-5-4-6-11-22/h4-17H,1-3H3. The molecule has 0 aromatic heterocycles. The maximum absolute atomic E-state index is 13.5. The maximum atomic E-state index is 13.5. The molecule has 28 heavy (non-hydrogen) atoms. The van der Waals surface area contributed by atoms with E-state index < -0.39 is 16.1 Å². The van der Waals surface area contributed by atoms with Crippen LogP contribution in [-0.4, -0.2) is 22.6 Å². The topological polar surface area (TPSA) is 55.8 Å². The monoisotopic (exact) mass is 397 g/mol. The fourth-order valence-corrected chi connectivity index (χ4v) is 4.71. The van der Waals surface area contributed by atoms with Crippen LogP contribution in [0.25, 0.3) is 0 Å². The minimum absolute atomic E-state index is 0.237. The third-order valence-electron chi connectivity index (χ3n) is 4.55. The zero-order valence-electron chi connectivity index (χ0n) is 16.1. The summed E-state index contributed by atoms with van der Waals surface area (Å²) in [6.45, 7) is 1.86. The maximum Gasteiger partial charge on any atom is 0.264 e. The fourth-order valence-electron chi connectivity index (χ4n) is 3.04. The Bertz CT molecular complexity index is 1020. The van der Waals surface area contributed by atoms with Crippen LogP contribution in [0.1, 0.15) is 18.5 Å². The van der Waals surface area contributed by atoms with Crippen LogP contribution >= 0.6 is 0 Å². The highest BCUT2D eigenvalue weighted by Crippen LogP contribution is 2.35. The molecule has 0 N–H and O–H groups in total. The lowest BCUT2D eigenvalue weighted by atomic mass is 10.1. The van der Waals surface area contributed by atoms with Crippen LogP contribution < -0.4 is 13.8 Å². The molecule has 3 rings (SSSR count). The van der Waals surface area contributed by atoms with Gasteiger partial charge in [0.2, 0.25) is 0 Å². The van der Waals surface area contributed by atoms with Crippen molar-refractivity contribution in [2.24, 2.45) is 0 Å².